The molecule has 2 N–H and O–H groups in total. The Morgan fingerprint density at radius 3 is 2.74 bits per heavy atom. The minimum absolute atomic E-state index is 0. The van der Waals surface area contributed by atoms with Gasteiger partial charge in [0, 0.05) is 12.1 Å². The lowest BCUT2D eigenvalue weighted by Crippen LogP contribution is -2.30. The fourth-order valence-corrected chi connectivity index (χ4v) is 2.25. The van der Waals surface area contributed by atoms with Gasteiger partial charge in [-0.05, 0) is 50.0 Å². The number of piperidine rings is 1. The summed E-state index contributed by atoms with van der Waals surface area (Å²) in [6, 6.07) is 4.28. The highest BCUT2D eigenvalue weighted by atomic mass is 35.5. The number of carbonyl (C=O) groups is 1. The third kappa shape index (κ3) is 4.97. The number of carbonyl (C=O) groups excluding carboxylic acids is 1. The second kappa shape index (κ2) is 7.68. The van der Waals surface area contributed by atoms with E-state index in [-0.39, 0.29) is 23.3 Å². The van der Waals surface area contributed by atoms with Gasteiger partial charge in [-0.3, -0.25) is 4.79 Å². The largest absolute Gasteiger partial charge is 0.326 e. The van der Waals surface area contributed by atoms with E-state index in [9.17, 15) is 9.18 Å². The monoisotopic (exact) mass is 306 g/mol. The number of halogens is 3. The number of hydrogen-bond acceptors (Lipinski definition) is 2. The van der Waals surface area contributed by atoms with E-state index in [1.807, 2.05) is 0 Å². The number of benzene rings is 1. The molecule has 0 radical (unpaired) electrons. The summed E-state index contributed by atoms with van der Waals surface area (Å²) in [5.74, 6) is -0.164. The van der Waals surface area contributed by atoms with Crippen LogP contribution in [-0.4, -0.2) is 19.0 Å². The minimum Gasteiger partial charge on any atom is -0.326 e. The van der Waals surface area contributed by atoms with Crippen LogP contribution in [0.1, 0.15) is 19.3 Å². The highest BCUT2D eigenvalue weighted by Crippen LogP contribution is 2.20. The summed E-state index contributed by atoms with van der Waals surface area (Å²) < 4.78 is 13.2. The third-order valence-electron chi connectivity index (χ3n) is 3.14. The maximum Gasteiger partial charge on any atom is 0.224 e. The second-order valence-corrected chi connectivity index (χ2v) is 4.98. The van der Waals surface area contributed by atoms with E-state index >= 15 is 0 Å². The lowest BCUT2D eigenvalue weighted by molar-refractivity contribution is -0.117. The lowest BCUT2D eigenvalue weighted by Gasteiger charge is -2.21. The van der Waals surface area contributed by atoms with Crippen molar-refractivity contribution in [1.29, 1.82) is 0 Å². The van der Waals surface area contributed by atoms with E-state index in [0.717, 1.165) is 25.9 Å². The molecule has 1 amide bonds. The first kappa shape index (κ1) is 16.2. The summed E-state index contributed by atoms with van der Waals surface area (Å²) in [6.45, 7) is 1.93. The van der Waals surface area contributed by atoms with Crippen LogP contribution in [-0.2, 0) is 4.79 Å². The summed E-state index contributed by atoms with van der Waals surface area (Å²) in [5, 5.41) is 6.02. The van der Waals surface area contributed by atoms with E-state index in [2.05, 4.69) is 10.6 Å². The molecular weight excluding hydrogens is 290 g/mol. The van der Waals surface area contributed by atoms with Crippen molar-refractivity contribution < 1.29 is 9.18 Å². The van der Waals surface area contributed by atoms with Crippen LogP contribution >= 0.6 is 24.0 Å². The molecule has 0 aliphatic carbocycles. The number of nitrogens with one attached hydrogen (secondary N) is 2. The van der Waals surface area contributed by atoms with Crippen LogP contribution in [0.3, 0.4) is 0 Å². The van der Waals surface area contributed by atoms with Gasteiger partial charge in [-0.1, -0.05) is 11.6 Å². The van der Waals surface area contributed by atoms with Gasteiger partial charge in [-0.2, -0.15) is 0 Å². The Bertz CT molecular complexity index is 437. The zero-order valence-electron chi connectivity index (χ0n) is 10.4. The van der Waals surface area contributed by atoms with Gasteiger partial charge in [0.2, 0.25) is 5.91 Å². The number of anilines is 1. The molecule has 0 bridgehead atoms. The topological polar surface area (TPSA) is 41.1 Å². The van der Waals surface area contributed by atoms with Crippen molar-refractivity contribution in [3.8, 4) is 0 Å². The van der Waals surface area contributed by atoms with Crippen molar-refractivity contribution >= 4 is 35.6 Å². The quantitative estimate of drug-likeness (QED) is 0.900. The van der Waals surface area contributed by atoms with Crippen molar-refractivity contribution in [1.82, 2.24) is 5.32 Å². The Kier molecular flexibility index (Phi) is 6.55. The zero-order chi connectivity index (χ0) is 13.0. The summed E-state index contributed by atoms with van der Waals surface area (Å²) in [5.41, 5.74) is 0.454. The molecule has 0 saturated carbocycles. The van der Waals surface area contributed by atoms with Gasteiger partial charge in [0.15, 0.2) is 0 Å². The third-order valence-corrected chi connectivity index (χ3v) is 3.44. The number of amides is 1. The van der Waals surface area contributed by atoms with Crippen LogP contribution in [0.2, 0.25) is 5.02 Å². The summed E-state index contributed by atoms with van der Waals surface area (Å²) in [4.78, 5) is 11.8. The van der Waals surface area contributed by atoms with E-state index in [4.69, 9.17) is 11.6 Å². The van der Waals surface area contributed by atoms with Crippen molar-refractivity contribution in [3.63, 3.8) is 0 Å². The zero-order valence-corrected chi connectivity index (χ0v) is 12.0. The van der Waals surface area contributed by atoms with Gasteiger partial charge >= 0.3 is 0 Å². The van der Waals surface area contributed by atoms with Gasteiger partial charge < -0.3 is 10.6 Å². The van der Waals surface area contributed by atoms with Crippen LogP contribution < -0.4 is 10.6 Å². The van der Waals surface area contributed by atoms with Crippen molar-refractivity contribution in [2.24, 2.45) is 5.92 Å². The number of rotatable bonds is 3. The van der Waals surface area contributed by atoms with Gasteiger partial charge in [0.25, 0.3) is 0 Å². The summed E-state index contributed by atoms with van der Waals surface area (Å²) in [7, 11) is 0. The predicted molar refractivity (Wildman–Crippen MR) is 77.5 cm³/mol. The fourth-order valence-electron chi connectivity index (χ4n) is 2.13. The average Bonchev–Trinajstić information content (AvgIpc) is 2.35. The normalized spacial score (nSPS) is 15.7. The van der Waals surface area contributed by atoms with Crippen LogP contribution in [0.15, 0.2) is 18.2 Å². The van der Waals surface area contributed by atoms with E-state index in [1.54, 1.807) is 6.07 Å². The molecular formula is C13H17Cl2FN2O. The highest BCUT2D eigenvalue weighted by molar-refractivity contribution is 6.30. The van der Waals surface area contributed by atoms with Crippen LogP contribution in [0.25, 0.3) is 0 Å². The first-order valence-electron chi connectivity index (χ1n) is 6.11. The van der Waals surface area contributed by atoms with Crippen LogP contribution in [0, 0.1) is 11.7 Å². The maximum absolute atomic E-state index is 13.2. The maximum atomic E-state index is 13.2. The molecule has 1 aromatic carbocycles. The SMILES string of the molecule is Cl.O=C(CC1CCNCC1)Nc1ccc(Cl)c(F)c1. The lowest BCUT2D eigenvalue weighted by atomic mass is 9.94. The molecule has 6 heteroatoms. The average molecular weight is 307 g/mol. The van der Waals surface area contributed by atoms with Crippen molar-refractivity contribution in [2.45, 2.75) is 19.3 Å². The van der Waals surface area contributed by atoms with Crippen LogP contribution in [0.5, 0.6) is 0 Å². The van der Waals surface area contributed by atoms with Gasteiger partial charge in [0.05, 0.1) is 5.02 Å². The smallest absolute Gasteiger partial charge is 0.224 e. The highest BCUT2D eigenvalue weighted by Gasteiger charge is 2.16. The molecule has 0 unspecified atom stereocenters. The Balaban J connectivity index is 0.00000180. The van der Waals surface area contributed by atoms with Gasteiger partial charge in [-0.25, -0.2) is 4.39 Å². The van der Waals surface area contributed by atoms with Gasteiger partial charge in [-0.15, -0.1) is 12.4 Å². The Morgan fingerprint density at radius 1 is 1.42 bits per heavy atom. The molecule has 1 aliphatic heterocycles. The van der Waals surface area contributed by atoms with E-state index in [1.165, 1.54) is 12.1 Å². The Hall–Kier alpha value is -0.840. The predicted octanol–water partition coefficient (Wildman–Crippen LogP) is 3.23. The molecule has 106 valence electrons. The molecule has 0 spiro atoms. The standard InChI is InChI=1S/C13H16ClFN2O.ClH/c14-11-2-1-10(8-12(11)15)17-13(18)7-9-3-5-16-6-4-9;/h1-2,8-9,16H,3-7H2,(H,17,18);1H. The molecule has 19 heavy (non-hydrogen) atoms. The molecule has 1 aromatic rings. The fraction of sp³-hybridized carbons (Fsp3) is 0.462. The molecule has 0 atom stereocenters. The first-order chi connectivity index (χ1) is 8.65. The molecule has 1 saturated heterocycles. The summed E-state index contributed by atoms with van der Waals surface area (Å²) >= 11 is 5.58. The second-order valence-electron chi connectivity index (χ2n) is 4.57. The van der Waals surface area contributed by atoms with Gasteiger partial charge in [0.1, 0.15) is 5.82 Å². The minimum atomic E-state index is -0.517. The number of hydrogen-bond donors (Lipinski definition) is 2. The molecule has 2 rings (SSSR count). The first-order valence-corrected chi connectivity index (χ1v) is 6.48. The Labute approximate surface area is 123 Å². The van der Waals surface area contributed by atoms with Crippen LogP contribution in [0.4, 0.5) is 10.1 Å². The molecule has 1 aliphatic rings. The van der Waals surface area contributed by atoms with Crippen molar-refractivity contribution in [2.75, 3.05) is 18.4 Å². The molecule has 3 nitrogen and oxygen atoms in total. The van der Waals surface area contributed by atoms with Crippen molar-refractivity contribution in [3.05, 3.63) is 29.0 Å². The molecule has 1 heterocycles. The summed E-state index contributed by atoms with van der Waals surface area (Å²) in [6.07, 6.45) is 2.52. The molecule has 0 aromatic heterocycles. The van der Waals surface area contributed by atoms with E-state index < -0.39 is 5.82 Å². The molecule has 1 fully saturated rings. The Morgan fingerprint density at radius 2 is 2.11 bits per heavy atom. The van der Waals surface area contributed by atoms with E-state index in [0.29, 0.717) is 18.0 Å².